The van der Waals surface area contributed by atoms with Gasteiger partial charge >= 0.3 is 0 Å². The normalized spacial score (nSPS) is 11.8. The summed E-state index contributed by atoms with van der Waals surface area (Å²) >= 11 is 0. The number of rotatable bonds is 12. The predicted octanol–water partition coefficient (Wildman–Crippen LogP) is 6.29. The molecule has 1 amide bonds. The number of carbonyl (C=O) groups excluding carboxylic acids is 1. The Morgan fingerprint density at radius 2 is 1.71 bits per heavy atom. The summed E-state index contributed by atoms with van der Waals surface area (Å²) in [5.74, 6) is -0.715. The highest BCUT2D eigenvalue weighted by atomic mass is 32.2. The fraction of sp³-hybridized carbons (Fsp3) is 0.250. The number of anilines is 4. The molecule has 0 radical (unpaired) electrons. The van der Waals surface area contributed by atoms with Gasteiger partial charge in [-0.1, -0.05) is 30.3 Å². The van der Waals surface area contributed by atoms with Gasteiger partial charge in [-0.3, -0.25) is 4.79 Å². The number of halogens is 1. The molecule has 0 aliphatic carbocycles. The molecule has 0 spiro atoms. The smallest absolute Gasteiger partial charge is 0.244 e. The Bertz CT molecular complexity index is 2270. The maximum Gasteiger partial charge on any atom is 0.244 e. The molecule has 0 saturated heterocycles. The summed E-state index contributed by atoms with van der Waals surface area (Å²) in [6.07, 6.45) is 3.39. The zero-order valence-electron chi connectivity index (χ0n) is 28.1. The van der Waals surface area contributed by atoms with E-state index in [1.165, 1.54) is 29.2 Å². The summed E-state index contributed by atoms with van der Waals surface area (Å²) in [6, 6.07) is 20.8. The molecule has 254 valence electrons. The number of nitrogens with one attached hydrogen (secondary N) is 2. The molecule has 3 aromatic heterocycles. The van der Waals surface area contributed by atoms with Gasteiger partial charge in [0, 0.05) is 73.5 Å². The van der Waals surface area contributed by atoms with Crippen LogP contribution in [0, 0.1) is 5.82 Å². The van der Waals surface area contributed by atoms with Crippen molar-refractivity contribution in [3.05, 3.63) is 96.6 Å². The fourth-order valence-corrected chi connectivity index (χ4v) is 7.29. The number of aromatic nitrogens is 4. The highest BCUT2D eigenvalue weighted by Gasteiger charge is 2.23. The SMILES string of the molecule is CCn1cc(-c2nc(Nc3ccc(N(C)CCN(C)C)c(NC(C)=O)c3)nc3c2ccn3S(=O)(=O)Cc2ccccc2)c2cc(F)ccc21. The predicted molar refractivity (Wildman–Crippen MR) is 194 cm³/mol. The lowest BCUT2D eigenvalue weighted by atomic mass is 10.1. The number of hydrogen-bond acceptors (Lipinski definition) is 8. The first kappa shape index (κ1) is 33.6. The molecule has 11 nitrogen and oxygen atoms in total. The van der Waals surface area contributed by atoms with Crippen molar-refractivity contribution in [1.29, 1.82) is 0 Å². The molecule has 49 heavy (non-hydrogen) atoms. The number of benzene rings is 3. The molecule has 0 bridgehead atoms. The third kappa shape index (κ3) is 7.13. The lowest BCUT2D eigenvalue weighted by Crippen LogP contribution is -2.29. The van der Waals surface area contributed by atoms with E-state index in [-0.39, 0.29) is 23.3 Å². The second kappa shape index (κ2) is 13.7. The van der Waals surface area contributed by atoms with Crippen LogP contribution in [0.1, 0.15) is 19.4 Å². The van der Waals surface area contributed by atoms with E-state index < -0.39 is 15.8 Å². The van der Waals surface area contributed by atoms with Gasteiger partial charge in [0.05, 0.1) is 22.8 Å². The Kier molecular flexibility index (Phi) is 9.39. The summed E-state index contributed by atoms with van der Waals surface area (Å²) < 4.78 is 45.5. The Labute approximate surface area is 285 Å². The molecule has 3 heterocycles. The largest absolute Gasteiger partial charge is 0.372 e. The van der Waals surface area contributed by atoms with E-state index in [1.807, 2.05) is 57.0 Å². The zero-order valence-corrected chi connectivity index (χ0v) is 28.9. The minimum Gasteiger partial charge on any atom is -0.372 e. The molecule has 3 aromatic carbocycles. The average Bonchev–Trinajstić information content (AvgIpc) is 3.65. The highest BCUT2D eigenvalue weighted by Crippen LogP contribution is 2.37. The van der Waals surface area contributed by atoms with Gasteiger partial charge in [-0.25, -0.2) is 21.8 Å². The molecule has 2 N–H and O–H groups in total. The van der Waals surface area contributed by atoms with E-state index in [9.17, 15) is 17.6 Å². The van der Waals surface area contributed by atoms with Crippen LogP contribution in [-0.2, 0) is 27.1 Å². The van der Waals surface area contributed by atoms with Crippen molar-refractivity contribution in [2.75, 3.05) is 49.8 Å². The first-order valence-corrected chi connectivity index (χ1v) is 17.5. The van der Waals surface area contributed by atoms with E-state index in [1.54, 1.807) is 42.5 Å². The van der Waals surface area contributed by atoms with Crippen molar-refractivity contribution >= 4 is 60.9 Å². The van der Waals surface area contributed by atoms with E-state index in [0.717, 1.165) is 24.3 Å². The minimum absolute atomic E-state index is 0.133. The van der Waals surface area contributed by atoms with Gasteiger partial charge in [-0.2, -0.15) is 4.98 Å². The van der Waals surface area contributed by atoms with Crippen molar-refractivity contribution < 1.29 is 17.6 Å². The third-order valence-electron chi connectivity index (χ3n) is 8.30. The molecule has 0 aliphatic rings. The average molecular weight is 683 g/mol. The Morgan fingerprint density at radius 3 is 2.43 bits per heavy atom. The summed E-state index contributed by atoms with van der Waals surface area (Å²) in [5.41, 5.74) is 4.73. The first-order chi connectivity index (χ1) is 23.4. The summed E-state index contributed by atoms with van der Waals surface area (Å²) in [7, 11) is 2.06. The van der Waals surface area contributed by atoms with Gasteiger partial charge in [0.25, 0.3) is 0 Å². The van der Waals surface area contributed by atoms with Crippen LogP contribution in [0.3, 0.4) is 0 Å². The summed E-state index contributed by atoms with van der Waals surface area (Å²) in [6.45, 7) is 5.63. The Balaban J connectivity index is 1.50. The molecule has 6 aromatic rings. The van der Waals surface area contributed by atoms with Crippen LogP contribution in [0.25, 0.3) is 33.2 Å². The lowest BCUT2D eigenvalue weighted by Gasteiger charge is -2.24. The van der Waals surface area contributed by atoms with Crippen LogP contribution < -0.4 is 15.5 Å². The van der Waals surface area contributed by atoms with Gasteiger partial charge in [0.2, 0.25) is 21.9 Å². The van der Waals surface area contributed by atoms with Crippen LogP contribution in [-0.4, -0.2) is 72.0 Å². The van der Waals surface area contributed by atoms with Crippen molar-refractivity contribution in [3.63, 3.8) is 0 Å². The van der Waals surface area contributed by atoms with Crippen LogP contribution >= 0.6 is 0 Å². The molecule has 0 unspecified atom stereocenters. The third-order valence-corrected chi connectivity index (χ3v) is 9.89. The van der Waals surface area contributed by atoms with Gasteiger partial charge in [-0.15, -0.1) is 0 Å². The second-order valence-corrected chi connectivity index (χ2v) is 14.1. The summed E-state index contributed by atoms with van der Waals surface area (Å²) in [4.78, 5) is 26.0. The first-order valence-electron chi connectivity index (χ1n) is 15.9. The number of fused-ring (bicyclic) bond motifs is 2. The Morgan fingerprint density at radius 1 is 0.939 bits per heavy atom. The number of aryl methyl sites for hydroxylation is 1. The van der Waals surface area contributed by atoms with Crippen molar-refractivity contribution in [3.8, 4) is 11.3 Å². The minimum atomic E-state index is -3.90. The van der Waals surface area contributed by atoms with Crippen LogP contribution in [0.15, 0.2) is 85.2 Å². The van der Waals surface area contributed by atoms with E-state index in [4.69, 9.17) is 9.97 Å². The molecule has 13 heteroatoms. The maximum atomic E-state index is 14.6. The van der Waals surface area contributed by atoms with Gasteiger partial charge in [0.15, 0.2) is 5.65 Å². The molecular formula is C36H39FN8O3S. The number of carbonyl (C=O) groups is 1. The van der Waals surface area contributed by atoms with E-state index in [0.29, 0.717) is 45.5 Å². The van der Waals surface area contributed by atoms with Crippen LogP contribution in [0.2, 0.25) is 0 Å². The van der Waals surface area contributed by atoms with Crippen LogP contribution in [0.4, 0.5) is 27.4 Å². The molecule has 0 atom stereocenters. The number of nitrogens with zero attached hydrogens (tertiary/aromatic N) is 6. The Hall–Kier alpha value is -5.27. The second-order valence-electron chi connectivity index (χ2n) is 12.2. The fourth-order valence-electron chi connectivity index (χ4n) is 5.89. The molecule has 0 saturated carbocycles. The van der Waals surface area contributed by atoms with E-state index in [2.05, 4.69) is 20.4 Å². The maximum absolute atomic E-state index is 14.6. The molecular weight excluding hydrogens is 644 g/mol. The number of likely N-dealkylation sites (N-methyl/N-ethyl adjacent to an activating group) is 2. The molecule has 0 aliphatic heterocycles. The van der Waals surface area contributed by atoms with Gasteiger partial charge in [-0.05, 0) is 69.0 Å². The molecule has 6 rings (SSSR count). The standard InChI is InChI=1S/C36H39FN8O3S/c1-6-44-22-30(29-20-26(37)12-14-32(29)44)34-28-16-17-45(49(47,48)23-25-10-8-7-9-11-25)35(28)41-36(40-34)39-27-13-15-33(31(21-27)38-24(2)46)43(5)19-18-42(3)4/h7-17,20-22H,6,18-19,23H2,1-5H3,(H,38,46)(H,39,40,41). The van der Waals surface area contributed by atoms with E-state index >= 15 is 0 Å². The van der Waals surface area contributed by atoms with Crippen molar-refractivity contribution in [2.24, 2.45) is 0 Å². The van der Waals surface area contributed by atoms with Crippen molar-refractivity contribution in [1.82, 2.24) is 23.4 Å². The highest BCUT2D eigenvalue weighted by molar-refractivity contribution is 7.89. The molecule has 0 fully saturated rings. The summed E-state index contributed by atoms with van der Waals surface area (Å²) in [5, 5.41) is 7.31. The lowest BCUT2D eigenvalue weighted by molar-refractivity contribution is -0.114. The van der Waals surface area contributed by atoms with Crippen molar-refractivity contribution in [2.45, 2.75) is 26.1 Å². The monoisotopic (exact) mass is 682 g/mol. The zero-order chi connectivity index (χ0) is 34.9. The topological polar surface area (TPSA) is 117 Å². The van der Waals surface area contributed by atoms with Gasteiger partial charge < -0.3 is 25.0 Å². The number of hydrogen-bond donors (Lipinski definition) is 2. The number of amides is 1. The van der Waals surface area contributed by atoms with Gasteiger partial charge in [0.1, 0.15) is 5.82 Å². The quantitative estimate of drug-likeness (QED) is 0.155. The van der Waals surface area contributed by atoms with Crippen LogP contribution in [0.5, 0.6) is 0 Å².